The summed E-state index contributed by atoms with van der Waals surface area (Å²) in [5.41, 5.74) is 0.255. The van der Waals surface area contributed by atoms with Crippen LogP contribution in [-0.2, 0) is 4.79 Å². The Bertz CT molecular complexity index is 435. The van der Waals surface area contributed by atoms with Crippen molar-refractivity contribution in [3.05, 3.63) is 48.1 Å². The van der Waals surface area contributed by atoms with Crippen molar-refractivity contribution < 1.29 is 18.7 Å². The summed E-state index contributed by atoms with van der Waals surface area (Å²) in [7, 11) is 0. The summed E-state index contributed by atoms with van der Waals surface area (Å²) in [6, 6.07) is 3.18. The zero-order chi connectivity index (χ0) is 13.5. The first-order valence-electron chi connectivity index (χ1n) is 5.55. The fraction of sp³-hybridized carbons (Fsp3) is 0.308. The maximum atomic E-state index is 12.9. The Hall–Kier alpha value is -1.75. The molecule has 98 valence electrons. The van der Waals surface area contributed by atoms with Gasteiger partial charge in [0.15, 0.2) is 11.6 Å². The van der Waals surface area contributed by atoms with Crippen molar-refractivity contribution in [1.82, 2.24) is 5.32 Å². The highest BCUT2D eigenvalue weighted by atomic mass is 19.2. The van der Waals surface area contributed by atoms with Crippen molar-refractivity contribution in [2.24, 2.45) is 0 Å². The summed E-state index contributed by atoms with van der Waals surface area (Å²) in [6.07, 6.45) is 0.806. The molecule has 1 aromatic carbocycles. The Morgan fingerprint density at radius 2 is 2.17 bits per heavy atom. The van der Waals surface area contributed by atoms with Crippen LogP contribution >= 0.6 is 0 Å². The monoisotopic (exact) mass is 255 g/mol. The lowest BCUT2D eigenvalue weighted by Crippen LogP contribution is -2.23. The molecule has 0 saturated heterocycles. The molecule has 3 nitrogen and oxygen atoms in total. The SMILES string of the molecule is C=CCNC(=O)CCC(O)c1ccc(F)c(F)c1. The number of halogens is 2. The summed E-state index contributed by atoms with van der Waals surface area (Å²) < 4.78 is 25.6. The Kier molecular flexibility index (Phi) is 5.45. The van der Waals surface area contributed by atoms with Crippen molar-refractivity contribution >= 4 is 5.91 Å². The molecule has 0 bridgehead atoms. The van der Waals surface area contributed by atoms with Gasteiger partial charge in [-0.15, -0.1) is 6.58 Å². The van der Waals surface area contributed by atoms with Gasteiger partial charge in [-0.3, -0.25) is 4.79 Å². The largest absolute Gasteiger partial charge is 0.388 e. The molecule has 1 aromatic rings. The van der Waals surface area contributed by atoms with Gasteiger partial charge in [0.1, 0.15) is 0 Å². The quantitative estimate of drug-likeness (QED) is 0.765. The number of amides is 1. The van der Waals surface area contributed by atoms with Gasteiger partial charge in [0.2, 0.25) is 5.91 Å². The van der Waals surface area contributed by atoms with Crippen molar-refractivity contribution in [3.8, 4) is 0 Å². The number of hydrogen-bond acceptors (Lipinski definition) is 2. The van der Waals surface area contributed by atoms with E-state index in [0.29, 0.717) is 6.54 Å². The van der Waals surface area contributed by atoms with Gasteiger partial charge in [-0.05, 0) is 24.1 Å². The van der Waals surface area contributed by atoms with E-state index in [4.69, 9.17) is 0 Å². The van der Waals surface area contributed by atoms with Crippen LogP contribution in [0.1, 0.15) is 24.5 Å². The van der Waals surface area contributed by atoms with Crippen LogP contribution in [0.25, 0.3) is 0 Å². The molecular weight excluding hydrogens is 240 g/mol. The van der Waals surface area contributed by atoms with E-state index in [2.05, 4.69) is 11.9 Å². The molecule has 18 heavy (non-hydrogen) atoms. The van der Waals surface area contributed by atoms with E-state index in [0.717, 1.165) is 12.1 Å². The average molecular weight is 255 g/mol. The summed E-state index contributed by atoms with van der Waals surface area (Å²) in [5.74, 6) is -2.20. The molecule has 0 fully saturated rings. The number of benzene rings is 1. The Balaban J connectivity index is 2.49. The lowest BCUT2D eigenvalue weighted by Gasteiger charge is -2.11. The number of aliphatic hydroxyl groups is 1. The zero-order valence-electron chi connectivity index (χ0n) is 9.83. The third kappa shape index (κ3) is 4.25. The molecule has 0 spiro atoms. The second kappa shape index (κ2) is 6.86. The van der Waals surface area contributed by atoms with Crippen LogP contribution in [-0.4, -0.2) is 17.6 Å². The van der Waals surface area contributed by atoms with Crippen molar-refractivity contribution in [1.29, 1.82) is 0 Å². The fourth-order valence-electron chi connectivity index (χ4n) is 1.43. The number of nitrogens with one attached hydrogen (secondary N) is 1. The summed E-state index contributed by atoms with van der Waals surface area (Å²) >= 11 is 0. The topological polar surface area (TPSA) is 49.3 Å². The van der Waals surface area contributed by atoms with Gasteiger partial charge in [0, 0.05) is 13.0 Å². The van der Waals surface area contributed by atoms with Gasteiger partial charge in [-0.25, -0.2) is 8.78 Å². The van der Waals surface area contributed by atoms with Crippen LogP contribution in [0.3, 0.4) is 0 Å². The molecule has 1 unspecified atom stereocenters. The minimum atomic E-state index is -1.01. The van der Waals surface area contributed by atoms with Crippen LogP contribution < -0.4 is 5.32 Å². The molecule has 1 atom stereocenters. The zero-order valence-corrected chi connectivity index (χ0v) is 9.83. The van der Waals surface area contributed by atoms with Crippen molar-refractivity contribution in [2.45, 2.75) is 18.9 Å². The molecule has 0 aliphatic carbocycles. The lowest BCUT2D eigenvalue weighted by molar-refractivity contribution is -0.121. The van der Waals surface area contributed by atoms with Gasteiger partial charge in [-0.2, -0.15) is 0 Å². The third-order valence-electron chi connectivity index (χ3n) is 2.42. The fourth-order valence-corrected chi connectivity index (χ4v) is 1.43. The number of hydrogen-bond donors (Lipinski definition) is 2. The van der Waals surface area contributed by atoms with E-state index in [-0.39, 0.29) is 24.3 Å². The molecule has 0 aliphatic rings. The summed E-state index contributed by atoms with van der Waals surface area (Å²) in [6.45, 7) is 3.81. The van der Waals surface area contributed by atoms with Crippen molar-refractivity contribution in [3.63, 3.8) is 0 Å². The van der Waals surface area contributed by atoms with E-state index < -0.39 is 17.7 Å². The number of carbonyl (C=O) groups excluding carboxylic acids is 1. The van der Waals surface area contributed by atoms with Crippen LogP contribution in [0.15, 0.2) is 30.9 Å². The minimum absolute atomic E-state index is 0.105. The van der Waals surface area contributed by atoms with E-state index in [1.54, 1.807) is 6.08 Å². The third-order valence-corrected chi connectivity index (χ3v) is 2.42. The highest BCUT2D eigenvalue weighted by molar-refractivity contribution is 5.76. The van der Waals surface area contributed by atoms with Gasteiger partial charge < -0.3 is 10.4 Å². The molecule has 5 heteroatoms. The molecule has 2 N–H and O–H groups in total. The van der Waals surface area contributed by atoms with Crippen LogP contribution in [0.2, 0.25) is 0 Å². The van der Waals surface area contributed by atoms with Crippen LogP contribution in [0, 0.1) is 11.6 Å². The molecule has 0 saturated carbocycles. The van der Waals surface area contributed by atoms with E-state index >= 15 is 0 Å². The number of carbonyl (C=O) groups is 1. The molecule has 0 radical (unpaired) electrons. The minimum Gasteiger partial charge on any atom is -0.388 e. The lowest BCUT2D eigenvalue weighted by atomic mass is 10.0. The highest BCUT2D eigenvalue weighted by Gasteiger charge is 2.12. The molecule has 1 rings (SSSR count). The summed E-state index contributed by atoms with van der Waals surface area (Å²) in [5, 5.41) is 12.3. The van der Waals surface area contributed by atoms with Crippen LogP contribution in [0.4, 0.5) is 8.78 Å². The smallest absolute Gasteiger partial charge is 0.220 e. The van der Waals surface area contributed by atoms with Gasteiger partial charge in [0.05, 0.1) is 6.10 Å². The molecule has 0 aliphatic heterocycles. The Labute approximate surface area is 104 Å². The molecular formula is C13H15F2NO2. The maximum absolute atomic E-state index is 12.9. The average Bonchev–Trinajstić information content (AvgIpc) is 2.36. The van der Waals surface area contributed by atoms with Crippen LogP contribution in [0.5, 0.6) is 0 Å². The first-order chi connectivity index (χ1) is 8.54. The highest BCUT2D eigenvalue weighted by Crippen LogP contribution is 2.20. The van der Waals surface area contributed by atoms with Gasteiger partial charge >= 0.3 is 0 Å². The predicted molar refractivity (Wildman–Crippen MR) is 63.8 cm³/mol. The standard InChI is InChI=1S/C13H15F2NO2/c1-2-7-16-13(18)6-5-12(17)9-3-4-10(14)11(15)8-9/h2-4,8,12,17H,1,5-7H2,(H,16,18). The predicted octanol–water partition coefficient (Wildman–Crippen LogP) is 2.08. The maximum Gasteiger partial charge on any atom is 0.220 e. The second-order valence-electron chi connectivity index (χ2n) is 3.82. The van der Waals surface area contributed by atoms with E-state index in [1.807, 2.05) is 0 Å². The Morgan fingerprint density at radius 1 is 1.44 bits per heavy atom. The van der Waals surface area contributed by atoms with E-state index in [9.17, 15) is 18.7 Å². The summed E-state index contributed by atoms with van der Waals surface area (Å²) in [4.78, 5) is 11.3. The number of rotatable bonds is 6. The molecule has 1 amide bonds. The Morgan fingerprint density at radius 3 is 2.78 bits per heavy atom. The molecule has 0 heterocycles. The first-order valence-corrected chi connectivity index (χ1v) is 5.55. The van der Waals surface area contributed by atoms with Gasteiger partial charge in [-0.1, -0.05) is 12.1 Å². The second-order valence-corrected chi connectivity index (χ2v) is 3.82. The number of aliphatic hydroxyl groups excluding tert-OH is 1. The molecule has 0 aromatic heterocycles. The first kappa shape index (κ1) is 14.3. The van der Waals surface area contributed by atoms with Crippen molar-refractivity contribution in [2.75, 3.05) is 6.54 Å². The van der Waals surface area contributed by atoms with E-state index in [1.165, 1.54) is 6.07 Å². The normalized spacial score (nSPS) is 11.9. The van der Waals surface area contributed by atoms with Gasteiger partial charge in [0.25, 0.3) is 0 Å².